The van der Waals surface area contributed by atoms with E-state index in [1.165, 1.54) is 11.1 Å². The number of rotatable bonds is 6. The number of aryl methyl sites for hydroxylation is 1. The van der Waals surface area contributed by atoms with Crippen molar-refractivity contribution in [1.82, 2.24) is 19.9 Å². The highest BCUT2D eigenvalue weighted by Gasteiger charge is 2.21. The van der Waals surface area contributed by atoms with Gasteiger partial charge in [0.1, 0.15) is 12.4 Å². The largest absolute Gasteiger partial charge is 0.367 e. The number of pyridine rings is 1. The number of aromatic nitrogens is 3. The third-order valence-electron chi connectivity index (χ3n) is 5.67. The van der Waals surface area contributed by atoms with Crippen molar-refractivity contribution in [3.63, 3.8) is 0 Å². The minimum absolute atomic E-state index is 0.139. The zero-order valence-electron chi connectivity index (χ0n) is 17.7. The molecule has 5 rings (SSSR count). The summed E-state index contributed by atoms with van der Waals surface area (Å²) in [6, 6.07) is 23.0. The minimum atomic E-state index is 0.139. The molecule has 156 valence electrons. The van der Waals surface area contributed by atoms with Crippen LogP contribution in [0.3, 0.4) is 0 Å². The van der Waals surface area contributed by atoms with E-state index in [0.29, 0.717) is 6.61 Å². The second kappa shape index (κ2) is 8.84. The first-order chi connectivity index (χ1) is 15.2. The van der Waals surface area contributed by atoms with Crippen LogP contribution >= 0.6 is 0 Å². The summed E-state index contributed by atoms with van der Waals surface area (Å²) in [6.45, 7) is 5.09. The highest BCUT2D eigenvalue weighted by molar-refractivity contribution is 5.59. The lowest BCUT2D eigenvalue weighted by molar-refractivity contribution is 0.00278. The summed E-state index contributed by atoms with van der Waals surface area (Å²) < 4.78 is 8.26. The molecule has 0 fully saturated rings. The van der Waals surface area contributed by atoms with E-state index in [9.17, 15) is 0 Å². The molecular weight excluding hydrogens is 384 g/mol. The second-order valence-electron chi connectivity index (χ2n) is 8.04. The van der Waals surface area contributed by atoms with Gasteiger partial charge in [-0.25, -0.2) is 4.98 Å². The molecule has 0 spiro atoms. The molecule has 0 amide bonds. The minimum Gasteiger partial charge on any atom is -0.367 e. The number of hydrogen-bond donors (Lipinski definition) is 1. The van der Waals surface area contributed by atoms with E-state index in [2.05, 4.69) is 76.5 Å². The standard InChI is InChI=1S/C26H26N4O/c1-19-5-9-22(10-6-19)25-17-30-16-23(31-18-26(30)29-25)15-27-14-20-7-11-21(12-8-20)24-4-2-3-13-28-24/h2-13,17,23,27H,14-16,18H2,1H3/t23-/m0/s1. The van der Waals surface area contributed by atoms with Crippen molar-refractivity contribution in [2.45, 2.75) is 32.7 Å². The van der Waals surface area contributed by atoms with E-state index >= 15 is 0 Å². The van der Waals surface area contributed by atoms with Gasteiger partial charge in [0.15, 0.2) is 0 Å². The number of hydrogen-bond acceptors (Lipinski definition) is 4. The predicted octanol–water partition coefficient (Wildman–Crippen LogP) is 4.61. The highest BCUT2D eigenvalue weighted by atomic mass is 16.5. The summed E-state index contributed by atoms with van der Waals surface area (Å²) in [5.74, 6) is 0.997. The van der Waals surface area contributed by atoms with Gasteiger partial charge in [-0.3, -0.25) is 4.98 Å². The van der Waals surface area contributed by atoms with Crippen molar-refractivity contribution in [2.75, 3.05) is 6.54 Å². The van der Waals surface area contributed by atoms with E-state index in [1.54, 1.807) is 0 Å². The molecule has 5 nitrogen and oxygen atoms in total. The number of imidazole rings is 1. The molecule has 5 heteroatoms. The Balaban J connectivity index is 1.15. The van der Waals surface area contributed by atoms with Crippen LogP contribution in [0.4, 0.5) is 0 Å². The molecule has 1 aliphatic rings. The van der Waals surface area contributed by atoms with Crippen molar-refractivity contribution in [1.29, 1.82) is 0 Å². The SMILES string of the molecule is Cc1ccc(-c2cn3c(n2)CO[C@@H](CNCc2ccc(-c4ccccn4)cc2)C3)cc1. The van der Waals surface area contributed by atoms with Crippen molar-refractivity contribution in [3.8, 4) is 22.5 Å². The summed E-state index contributed by atoms with van der Waals surface area (Å²) in [7, 11) is 0. The fourth-order valence-electron chi connectivity index (χ4n) is 3.88. The van der Waals surface area contributed by atoms with Gasteiger partial charge in [-0.15, -0.1) is 0 Å². The zero-order valence-corrected chi connectivity index (χ0v) is 17.7. The molecule has 0 radical (unpaired) electrons. The Labute approximate surface area is 182 Å². The molecule has 0 aliphatic carbocycles. The van der Waals surface area contributed by atoms with Gasteiger partial charge in [-0.1, -0.05) is 60.2 Å². The van der Waals surface area contributed by atoms with Crippen LogP contribution in [0.2, 0.25) is 0 Å². The smallest absolute Gasteiger partial charge is 0.135 e. The predicted molar refractivity (Wildman–Crippen MR) is 122 cm³/mol. The Morgan fingerprint density at radius 2 is 1.74 bits per heavy atom. The number of nitrogens with one attached hydrogen (secondary N) is 1. The third kappa shape index (κ3) is 4.58. The Morgan fingerprint density at radius 3 is 2.52 bits per heavy atom. The molecular formula is C26H26N4O. The summed E-state index contributed by atoms with van der Waals surface area (Å²) in [4.78, 5) is 9.16. The van der Waals surface area contributed by atoms with Crippen LogP contribution in [0.15, 0.2) is 79.1 Å². The molecule has 1 aliphatic heterocycles. The lowest BCUT2D eigenvalue weighted by Crippen LogP contribution is -2.35. The fourth-order valence-corrected chi connectivity index (χ4v) is 3.88. The van der Waals surface area contributed by atoms with Crippen LogP contribution in [-0.2, 0) is 24.4 Å². The maximum absolute atomic E-state index is 6.03. The van der Waals surface area contributed by atoms with Gasteiger partial charge < -0.3 is 14.6 Å². The van der Waals surface area contributed by atoms with Crippen LogP contribution in [-0.4, -0.2) is 27.2 Å². The van der Waals surface area contributed by atoms with Crippen LogP contribution in [0.1, 0.15) is 17.0 Å². The summed E-state index contributed by atoms with van der Waals surface area (Å²) in [5.41, 5.74) is 6.81. The van der Waals surface area contributed by atoms with E-state index < -0.39 is 0 Å². The van der Waals surface area contributed by atoms with Gasteiger partial charge in [-0.05, 0) is 24.6 Å². The molecule has 2 aromatic carbocycles. The molecule has 0 saturated carbocycles. The van der Waals surface area contributed by atoms with Crippen LogP contribution in [0, 0.1) is 6.92 Å². The van der Waals surface area contributed by atoms with Gasteiger partial charge in [-0.2, -0.15) is 0 Å². The van der Waals surface area contributed by atoms with Crippen molar-refractivity contribution in [2.24, 2.45) is 0 Å². The maximum atomic E-state index is 6.03. The first-order valence-electron chi connectivity index (χ1n) is 10.7. The van der Waals surface area contributed by atoms with E-state index in [1.807, 2.05) is 24.4 Å². The summed E-state index contributed by atoms with van der Waals surface area (Å²) in [6.07, 6.45) is 4.11. The van der Waals surface area contributed by atoms with Crippen molar-refractivity contribution >= 4 is 0 Å². The quantitative estimate of drug-likeness (QED) is 0.504. The molecule has 3 heterocycles. The lowest BCUT2D eigenvalue weighted by Gasteiger charge is -2.24. The van der Waals surface area contributed by atoms with E-state index in [-0.39, 0.29) is 6.10 Å². The first-order valence-corrected chi connectivity index (χ1v) is 10.7. The second-order valence-corrected chi connectivity index (χ2v) is 8.04. The maximum Gasteiger partial charge on any atom is 0.135 e. The lowest BCUT2D eigenvalue weighted by atomic mass is 10.1. The third-order valence-corrected chi connectivity index (χ3v) is 5.67. The van der Waals surface area contributed by atoms with E-state index in [0.717, 1.165) is 48.0 Å². The number of benzene rings is 2. The van der Waals surface area contributed by atoms with Gasteiger partial charge in [0.05, 0.1) is 24.0 Å². The Bertz CT molecular complexity index is 1130. The van der Waals surface area contributed by atoms with Gasteiger partial charge in [0.2, 0.25) is 0 Å². The van der Waals surface area contributed by atoms with Crippen LogP contribution in [0.25, 0.3) is 22.5 Å². The monoisotopic (exact) mass is 410 g/mol. The average molecular weight is 411 g/mol. The molecule has 31 heavy (non-hydrogen) atoms. The first kappa shape index (κ1) is 19.7. The number of nitrogens with zero attached hydrogens (tertiary/aromatic N) is 3. The Morgan fingerprint density at radius 1 is 0.968 bits per heavy atom. The van der Waals surface area contributed by atoms with Crippen LogP contribution in [0.5, 0.6) is 0 Å². The summed E-state index contributed by atoms with van der Waals surface area (Å²) >= 11 is 0. The summed E-state index contributed by atoms with van der Waals surface area (Å²) in [5, 5.41) is 3.53. The Hall–Kier alpha value is -3.28. The van der Waals surface area contributed by atoms with Crippen molar-refractivity contribution < 1.29 is 4.74 Å². The van der Waals surface area contributed by atoms with E-state index in [4.69, 9.17) is 9.72 Å². The van der Waals surface area contributed by atoms with Gasteiger partial charge in [0, 0.05) is 36.6 Å². The fraction of sp³-hybridized carbons (Fsp3) is 0.231. The molecule has 1 atom stereocenters. The molecule has 0 bridgehead atoms. The normalized spacial score (nSPS) is 15.6. The molecule has 0 unspecified atom stereocenters. The number of ether oxygens (including phenoxy) is 1. The highest BCUT2D eigenvalue weighted by Crippen LogP contribution is 2.23. The molecule has 4 aromatic rings. The average Bonchev–Trinajstić information content (AvgIpc) is 3.24. The number of fused-ring (bicyclic) bond motifs is 1. The molecule has 1 N–H and O–H groups in total. The molecule has 0 saturated heterocycles. The van der Waals surface area contributed by atoms with Gasteiger partial charge >= 0.3 is 0 Å². The Kier molecular flexibility index (Phi) is 5.61. The van der Waals surface area contributed by atoms with Crippen LogP contribution < -0.4 is 5.32 Å². The zero-order chi connectivity index (χ0) is 21.0. The topological polar surface area (TPSA) is 52.0 Å². The van der Waals surface area contributed by atoms with Crippen molar-refractivity contribution in [3.05, 3.63) is 96.1 Å². The van der Waals surface area contributed by atoms with Gasteiger partial charge in [0.25, 0.3) is 0 Å². The molecule has 2 aromatic heterocycles.